The number of likely N-dealkylation sites (tertiary alicyclic amines) is 1. The number of unbranched alkanes of at least 4 members (excludes halogenated alkanes) is 2. The number of aromatic nitrogens is 1. The van der Waals surface area contributed by atoms with Gasteiger partial charge in [0.05, 0.1) is 18.7 Å². The average Bonchev–Trinajstić information content (AvgIpc) is 3.15. The minimum atomic E-state index is -0.675. The quantitative estimate of drug-likeness (QED) is 0.252. The Hall–Kier alpha value is -3.19. The van der Waals surface area contributed by atoms with Gasteiger partial charge in [0.1, 0.15) is 11.5 Å². The third-order valence-electron chi connectivity index (χ3n) is 6.43. The van der Waals surface area contributed by atoms with Gasteiger partial charge in [-0.2, -0.15) is 0 Å². The molecule has 1 N–H and O–H groups in total. The number of carbonyl (C=O) groups is 2. The molecule has 0 saturated carbocycles. The third kappa shape index (κ3) is 6.48. The first-order valence-corrected chi connectivity index (χ1v) is 12.6. The van der Waals surface area contributed by atoms with Gasteiger partial charge < -0.3 is 19.6 Å². The lowest BCUT2D eigenvalue weighted by molar-refractivity contribution is -0.140. The summed E-state index contributed by atoms with van der Waals surface area (Å²) in [4.78, 5) is 34.5. The van der Waals surface area contributed by atoms with Crippen LogP contribution in [0.15, 0.2) is 54.4 Å². The molecule has 1 amide bonds. The van der Waals surface area contributed by atoms with Crippen molar-refractivity contribution in [3.63, 3.8) is 0 Å². The summed E-state index contributed by atoms with van der Waals surface area (Å²) in [5.74, 6) is -0.792. The van der Waals surface area contributed by atoms with Gasteiger partial charge in [-0.3, -0.25) is 14.6 Å². The minimum Gasteiger partial charge on any atom is -0.507 e. The molecule has 3 rings (SSSR count). The second-order valence-corrected chi connectivity index (χ2v) is 8.91. The van der Waals surface area contributed by atoms with Gasteiger partial charge in [0.25, 0.3) is 11.7 Å². The van der Waals surface area contributed by atoms with Gasteiger partial charge in [0, 0.05) is 24.5 Å². The van der Waals surface area contributed by atoms with Gasteiger partial charge in [-0.25, -0.2) is 0 Å². The SMILES string of the molecule is CCCCN(CCCC)CCCN1C(=O)C(=O)C(=C(O)c2ccc(OC)cc2)C1c1cccnc1. The van der Waals surface area contributed by atoms with E-state index in [0.717, 1.165) is 51.7 Å². The molecular weight excluding hydrogens is 442 g/mol. The van der Waals surface area contributed by atoms with Crippen LogP contribution >= 0.6 is 0 Å². The number of rotatable bonds is 13. The number of methoxy groups -OCH3 is 1. The maximum Gasteiger partial charge on any atom is 0.295 e. The molecule has 0 bridgehead atoms. The van der Waals surface area contributed by atoms with Crippen LogP contribution in [0.3, 0.4) is 0 Å². The van der Waals surface area contributed by atoms with Crippen LogP contribution < -0.4 is 4.74 Å². The van der Waals surface area contributed by atoms with Crippen LogP contribution in [0.4, 0.5) is 0 Å². The number of ether oxygens (including phenoxy) is 1. The number of pyridine rings is 1. The van der Waals surface area contributed by atoms with Crippen LogP contribution in [0.1, 0.15) is 63.1 Å². The van der Waals surface area contributed by atoms with Crippen molar-refractivity contribution in [1.82, 2.24) is 14.8 Å². The minimum absolute atomic E-state index is 0.0991. The molecule has 188 valence electrons. The van der Waals surface area contributed by atoms with Gasteiger partial charge in [-0.15, -0.1) is 0 Å². The molecule has 7 heteroatoms. The second-order valence-electron chi connectivity index (χ2n) is 8.91. The number of amides is 1. The molecule has 1 saturated heterocycles. The van der Waals surface area contributed by atoms with E-state index in [2.05, 4.69) is 23.7 Å². The molecule has 1 aromatic carbocycles. The number of aliphatic hydroxyl groups is 1. The maximum absolute atomic E-state index is 13.2. The lowest BCUT2D eigenvalue weighted by atomic mass is 9.96. The number of ketones is 1. The molecule has 7 nitrogen and oxygen atoms in total. The van der Waals surface area contributed by atoms with E-state index in [1.165, 1.54) is 0 Å². The van der Waals surface area contributed by atoms with E-state index in [0.29, 0.717) is 23.4 Å². The highest BCUT2D eigenvalue weighted by Gasteiger charge is 2.45. The summed E-state index contributed by atoms with van der Waals surface area (Å²) in [7, 11) is 1.56. The monoisotopic (exact) mass is 479 g/mol. The largest absolute Gasteiger partial charge is 0.507 e. The fourth-order valence-corrected chi connectivity index (χ4v) is 4.46. The van der Waals surface area contributed by atoms with Crippen LogP contribution in [0.5, 0.6) is 5.75 Å². The lowest BCUT2D eigenvalue weighted by Crippen LogP contribution is -2.34. The third-order valence-corrected chi connectivity index (χ3v) is 6.43. The van der Waals surface area contributed by atoms with Crippen LogP contribution in [-0.4, -0.2) is 64.9 Å². The Balaban J connectivity index is 1.88. The molecular formula is C28H37N3O4. The number of hydrogen-bond acceptors (Lipinski definition) is 6. The van der Waals surface area contributed by atoms with E-state index >= 15 is 0 Å². The van der Waals surface area contributed by atoms with E-state index in [4.69, 9.17) is 4.74 Å². The molecule has 1 fully saturated rings. The second kappa shape index (κ2) is 13.0. The molecule has 35 heavy (non-hydrogen) atoms. The molecule has 0 radical (unpaired) electrons. The van der Waals surface area contributed by atoms with E-state index in [9.17, 15) is 14.7 Å². The van der Waals surface area contributed by atoms with Crippen molar-refractivity contribution in [2.45, 2.75) is 52.0 Å². The van der Waals surface area contributed by atoms with Crippen LogP contribution in [0.2, 0.25) is 0 Å². The Morgan fingerprint density at radius 1 is 1.03 bits per heavy atom. The van der Waals surface area contributed by atoms with E-state index in [-0.39, 0.29) is 11.3 Å². The number of Topliss-reactive ketones (excluding diaryl/α,β-unsaturated/α-hetero) is 1. The number of hydrogen-bond donors (Lipinski definition) is 1. The smallest absolute Gasteiger partial charge is 0.295 e. The number of aliphatic hydroxyl groups excluding tert-OH is 1. The molecule has 1 aliphatic heterocycles. The predicted octanol–water partition coefficient (Wildman–Crippen LogP) is 4.80. The average molecular weight is 480 g/mol. The first kappa shape index (κ1) is 26.4. The molecule has 0 spiro atoms. The first-order chi connectivity index (χ1) is 17.0. The highest BCUT2D eigenvalue weighted by atomic mass is 16.5. The zero-order chi connectivity index (χ0) is 25.2. The summed E-state index contributed by atoms with van der Waals surface area (Å²) < 4.78 is 5.19. The van der Waals surface area contributed by atoms with Gasteiger partial charge in [-0.1, -0.05) is 32.8 Å². The summed E-state index contributed by atoms with van der Waals surface area (Å²) in [6, 6.07) is 9.73. The van der Waals surface area contributed by atoms with Crippen molar-refractivity contribution in [3.8, 4) is 5.75 Å². The topological polar surface area (TPSA) is 83.0 Å². The van der Waals surface area contributed by atoms with Crippen LogP contribution in [-0.2, 0) is 9.59 Å². The van der Waals surface area contributed by atoms with Crippen molar-refractivity contribution >= 4 is 17.4 Å². The molecule has 1 unspecified atom stereocenters. The zero-order valence-corrected chi connectivity index (χ0v) is 21.1. The summed E-state index contributed by atoms with van der Waals surface area (Å²) in [5.41, 5.74) is 1.26. The van der Waals surface area contributed by atoms with Gasteiger partial charge in [0.15, 0.2) is 0 Å². The summed E-state index contributed by atoms with van der Waals surface area (Å²) >= 11 is 0. The van der Waals surface area contributed by atoms with Crippen molar-refractivity contribution < 1.29 is 19.4 Å². The fourth-order valence-electron chi connectivity index (χ4n) is 4.46. The van der Waals surface area contributed by atoms with Crippen molar-refractivity contribution in [3.05, 3.63) is 65.5 Å². The normalized spacial score (nSPS) is 17.4. The first-order valence-electron chi connectivity index (χ1n) is 12.6. The summed E-state index contributed by atoms with van der Waals surface area (Å²) in [5, 5.41) is 11.1. The molecule has 2 aromatic rings. The fraction of sp³-hybridized carbons (Fsp3) is 0.464. The molecule has 1 aliphatic rings. The molecule has 2 heterocycles. The van der Waals surface area contributed by atoms with Gasteiger partial charge >= 0.3 is 0 Å². The van der Waals surface area contributed by atoms with E-state index < -0.39 is 17.7 Å². The number of nitrogens with zero attached hydrogens (tertiary/aromatic N) is 3. The van der Waals surface area contributed by atoms with Crippen LogP contribution in [0, 0.1) is 0 Å². The Labute approximate surface area is 208 Å². The van der Waals surface area contributed by atoms with Gasteiger partial charge in [0.2, 0.25) is 0 Å². The Kier molecular flexibility index (Phi) is 9.85. The highest BCUT2D eigenvalue weighted by Crippen LogP contribution is 2.39. The zero-order valence-electron chi connectivity index (χ0n) is 21.1. The van der Waals surface area contributed by atoms with E-state index in [1.54, 1.807) is 54.7 Å². The summed E-state index contributed by atoms with van der Waals surface area (Å²) in [6.07, 6.45) is 8.63. The van der Waals surface area contributed by atoms with Gasteiger partial charge in [-0.05, 0) is 74.8 Å². The summed E-state index contributed by atoms with van der Waals surface area (Å²) in [6.45, 7) is 7.75. The standard InChI is InChI=1S/C28H37N3O4/c1-4-6-16-30(17-7-5-2)18-9-19-31-25(22-10-8-15-29-20-22)24(27(33)28(31)34)26(32)21-11-13-23(35-3)14-12-21/h8,10-15,20,25,32H,4-7,9,16-19H2,1-3H3. The van der Waals surface area contributed by atoms with Crippen LogP contribution in [0.25, 0.3) is 5.76 Å². The number of carbonyl (C=O) groups excluding carboxylic acids is 2. The van der Waals surface area contributed by atoms with Crippen molar-refractivity contribution in [2.75, 3.05) is 33.3 Å². The van der Waals surface area contributed by atoms with E-state index in [1.807, 2.05) is 6.07 Å². The maximum atomic E-state index is 13.2. The lowest BCUT2D eigenvalue weighted by Gasteiger charge is -2.27. The predicted molar refractivity (Wildman–Crippen MR) is 137 cm³/mol. The number of benzene rings is 1. The Morgan fingerprint density at radius 3 is 2.26 bits per heavy atom. The Bertz CT molecular complexity index is 997. The van der Waals surface area contributed by atoms with Crippen molar-refractivity contribution in [2.24, 2.45) is 0 Å². The molecule has 1 aromatic heterocycles. The molecule has 1 atom stereocenters. The van der Waals surface area contributed by atoms with Crippen molar-refractivity contribution in [1.29, 1.82) is 0 Å². The highest BCUT2D eigenvalue weighted by molar-refractivity contribution is 6.46. The Morgan fingerprint density at radius 2 is 1.69 bits per heavy atom. The molecule has 0 aliphatic carbocycles.